The van der Waals surface area contributed by atoms with Crippen LogP contribution < -0.4 is 10.6 Å². The summed E-state index contributed by atoms with van der Waals surface area (Å²) in [5.41, 5.74) is 7.76. The zero-order valence-corrected chi connectivity index (χ0v) is 11.3. The number of anilines is 2. The molecule has 3 nitrogen and oxygen atoms in total. The third-order valence-electron chi connectivity index (χ3n) is 3.07. The molecule has 0 saturated heterocycles. The second-order valence-corrected chi connectivity index (χ2v) is 4.54. The Balaban J connectivity index is 2.15. The average Bonchev–Trinajstić information content (AvgIpc) is 2.42. The van der Waals surface area contributed by atoms with Crippen LogP contribution in [0, 0.1) is 5.82 Å². The monoisotopic (exact) mass is 272 g/mol. The maximum absolute atomic E-state index is 13.1. The van der Waals surface area contributed by atoms with Crippen LogP contribution >= 0.6 is 0 Å². The minimum absolute atomic E-state index is 0.0668. The molecule has 0 fully saturated rings. The van der Waals surface area contributed by atoms with Gasteiger partial charge in [0, 0.05) is 17.9 Å². The van der Waals surface area contributed by atoms with Gasteiger partial charge in [-0.15, -0.1) is 0 Å². The third-order valence-corrected chi connectivity index (χ3v) is 3.07. The second-order valence-electron chi connectivity index (χ2n) is 4.54. The molecule has 0 radical (unpaired) electrons. The van der Waals surface area contributed by atoms with Crippen LogP contribution in [-0.4, -0.2) is 12.5 Å². The molecule has 20 heavy (non-hydrogen) atoms. The molecule has 2 aromatic rings. The van der Waals surface area contributed by atoms with E-state index in [1.807, 2.05) is 19.1 Å². The smallest absolute Gasteiger partial charge is 0.231 e. The van der Waals surface area contributed by atoms with Crippen LogP contribution in [0.25, 0.3) is 0 Å². The second kappa shape index (κ2) is 6.19. The summed E-state index contributed by atoms with van der Waals surface area (Å²) in [5, 5.41) is 0. The summed E-state index contributed by atoms with van der Waals surface area (Å²) in [6, 6.07) is 13.2. The predicted octanol–water partition coefficient (Wildman–Crippen LogP) is 3.00. The molecule has 0 aromatic heterocycles. The Bertz CT molecular complexity index is 596. The standard InChI is InChI=1S/C16H17FN2O/c1-2-19(15-8-6-14(18)7-9-15)16(20)11-12-4-3-5-13(17)10-12/h3-10H,2,11,18H2,1H3. The maximum atomic E-state index is 13.1. The van der Waals surface area contributed by atoms with E-state index in [0.717, 1.165) is 5.69 Å². The quantitative estimate of drug-likeness (QED) is 0.870. The van der Waals surface area contributed by atoms with Crippen LogP contribution in [0.1, 0.15) is 12.5 Å². The Morgan fingerprint density at radius 3 is 2.50 bits per heavy atom. The van der Waals surface area contributed by atoms with Crippen molar-refractivity contribution < 1.29 is 9.18 Å². The van der Waals surface area contributed by atoms with Crippen LogP contribution in [0.4, 0.5) is 15.8 Å². The van der Waals surface area contributed by atoms with Crippen molar-refractivity contribution in [2.24, 2.45) is 0 Å². The molecule has 4 heteroatoms. The summed E-state index contributed by atoms with van der Waals surface area (Å²) < 4.78 is 13.1. The van der Waals surface area contributed by atoms with Crippen molar-refractivity contribution in [1.29, 1.82) is 0 Å². The molecular weight excluding hydrogens is 255 g/mol. The number of benzene rings is 2. The first-order chi connectivity index (χ1) is 9.60. The normalized spacial score (nSPS) is 10.3. The fourth-order valence-electron chi connectivity index (χ4n) is 2.07. The van der Waals surface area contributed by atoms with Gasteiger partial charge in [-0.3, -0.25) is 4.79 Å². The van der Waals surface area contributed by atoms with Gasteiger partial charge in [0.15, 0.2) is 0 Å². The molecule has 0 aliphatic heterocycles. The lowest BCUT2D eigenvalue weighted by molar-refractivity contribution is -0.117. The number of likely N-dealkylation sites (N-methyl/N-ethyl adjacent to an activating group) is 1. The number of carbonyl (C=O) groups is 1. The molecule has 0 saturated carbocycles. The van der Waals surface area contributed by atoms with Crippen LogP contribution in [-0.2, 0) is 11.2 Å². The molecule has 2 N–H and O–H groups in total. The molecule has 0 unspecified atom stereocenters. The number of nitrogen functional groups attached to an aromatic ring is 1. The molecule has 0 aliphatic carbocycles. The van der Waals surface area contributed by atoms with Gasteiger partial charge in [0.25, 0.3) is 0 Å². The topological polar surface area (TPSA) is 46.3 Å². The zero-order valence-electron chi connectivity index (χ0n) is 11.3. The number of rotatable bonds is 4. The molecule has 2 rings (SSSR count). The molecular formula is C16H17FN2O. The van der Waals surface area contributed by atoms with Crippen LogP contribution in [0.15, 0.2) is 48.5 Å². The van der Waals surface area contributed by atoms with Gasteiger partial charge in [0.05, 0.1) is 6.42 Å². The maximum Gasteiger partial charge on any atom is 0.231 e. The summed E-state index contributed by atoms with van der Waals surface area (Å²) in [6.45, 7) is 2.46. The Morgan fingerprint density at radius 1 is 1.20 bits per heavy atom. The van der Waals surface area contributed by atoms with Crippen molar-refractivity contribution in [3.8, 4) is 0 Å². The van der Waals surface area contributed by atoms with E-state index in [4.69, 9.17) is 5.73 Å². The predicted molar refractivity (Wildman–Crippen MR) is 79.0 cm³/mol. The number of hydrogen-bond donors (Lipinski definition) is 1. The van der Waals surface area contributed by atoms with E-state index in [0.29, 0.717) is 17.8 Å². The molecule has 0 aliphatic rings. The molecule has 104 valence electrons. The van der Waals surface area contributed by atoms with Gasteiger partial charge in [-0.2, -0.15) is 0 Å². The number of carbonyl (C=O) groups excluding carboxylic acids is 1. The van der Waals surface area contributed by atoms with Crippen LogP contribution in [0.2, 0.25) is 0 Å². The third kappa shape index (κ3) is 3.35. The lowest BCUT2D eigenvalue weighted by Crippen LogP contribution is -2.31. The molecule has 0 heterocycles. The van der Waals surface area contributed by atoms with Gasteiger partial charge in [-0.05, 0) is 48.9 Å². The fraction of sp³-hybridized carbons (Fsp3) is 0.188. The SMILES string of the molecule is CCN(C(=O)Cc1cccc(F)c1)c1ccc(N)cc1. The molecule has 1 amide bonds. The molecule has 0 bridgehead atoms. The first kappa shape index (κ1) is 14.1. The van der Waals surface area contributed by atoms with E-state index in [2.05, 4.69) is 0 Å². The Hall–Kier alpha value is -2.36. The number of amides is 1. The molecule has 0 atom stereocenters. The Kier molecular flexibility index (Phi) is 4.35. The van der Waals surface area contributed by atoms with E-state index < -0.39 is 0 Å². The lowest BCUT2D eigenvalue weighted by atomic mass is 10.1. The highest BCUT2D eigenvalue weighted by Gasteiger charge is 2.14. The van der Waals surface area contributed by atoms with Gasteiger partial charge >= 0.3 is 0 Å². The summed E-state index contributed by atoms with van der Waals surface area (Å²) in [4.78, 5) is 14.0. The number of nitrogens with zero attached hydrogens (tertiary/aromatic N) is 1. The first-order valence-corrected chi connectivity index (χ1v) is 6.50. The highest BCUT2D eigenvalue weighted by molar-refractivity contribution is 5.94. The Morgan fingerprint density at radius 2 is 1.90 bits per heavy atom. The molecule has 0 spiro atoms. The Labute approximate surface area is 117 Å². The van der Waals surface area contributed by atoms with Crippen molar-refractivity contribution in [2.75, 3.05) is 17.2 Å². The van der Waals surface area contributed by atoms with E-state index in [1.165, 1.54) is 12.1 Å². The van der Waals surface area contributed by atoms with Crippen molar-refractivity contribution in [3.05, 3.63) is 59.9 Å². The molecule has 2 aromatic carbocycles. The van der Waals surface area contributed by atoms with E-state index in [-0.39, 0.29) is 18.1 Å². The van der Waals surface area contributed by atoms with Crippen molar-refractivity contribution >= 4 is 17.3 Å². The van der Waals surface area contributed by atoms with Crippen molar-refractivity contribution in [3.63, 3.8) is 0 Å². The van der Waals surface area contributed by atoms with Gasteiger partial charge in [0.1, 0.15) is 5.82 Å². The van der Waals surface area contributed by atoms with Crippen molar-refractivity contribution in [1.82, 2.24) is 0 Å². The fourth-order valence-corrected chi connectivity index (χ4v) is 2.07. The van der Waals surface area contributed by atoms with Crippen LogP contribution in [0.5, 0.6) is 0 Å². The van der Waals surface area contributed by atoms with E-state index >= 15 is 0 Å². The lowest BCUT2D eigenvalue weighted by Gasteiger charge is -2.21. The highest BCUT2D eigenvalue weighted by Crippen LogP contribution is 2.17. The van der Waals surface area contributed by atoms with Crippen molar-refractivity contribution in [2.45, 2.75) is 13.3 Å². The van der Waals surface area contributed by atoms with Gasteiger partial charge in [-0.1, -0.05) is 12.1 Å². The zero-order chi connectivity index (χ0) is 14.5. The van der Waals surface area contributed by atoms with Gasteiger partial charge in [-0.25, -0.2) is 4.39 Å². The number of nitrogens with two attached hydrogens (primary N) is 1. The minimum atomic E-state index is -0.328. The summed E-state index contributed by atoms with van der Waals surface area (Å²) in [6.07, 6.45) is 0.177. The highest BCUT2D eigenvalue weighted by atomic mass is 19.1. The summed E-state index contributed by atoms with van der Waals surface area (Å²) >= 11 is 0. The van der Waals surface area contributed by atoms with Crippen LogP contribution in [0.3, 0.4) is 0 Å². The summed E-state index contributed by atoms with van der Waals surface area (Å²) in [5.74, 6) is -0.395. The number of halogens is 1. The summed E-state index contributed by atoms with van der Waals surface area (Å²) in [7, 11) is 0. The van der Waals surface area contributed by atoms with Gasteiger partial charge < -0.3 is 10.6 Å². The largest absolute Gasteiger partial charge is 0.399 e. The van der Waals surface area contributed by atoms with Gasteiger partial charge in [0.2, 0.25) is 5.91 Å². The minimum Gasteiger partial charge on any atom is -0.399 e. The van der Waals surface area contributed by atoms with E-state index in [1.54, 1.807) is 29.2 Å². The average molecular weight is 272 g/mol. The van der Waals surface area contributed by atoms with E-state index in [9.17, 15) is 9.18 Å². The number of hydrogen-bond acceptors (Lipinski definition) is 2. The first-order valence-electron chi connectivity index (χ1n) is 6.50.